The largest absolute Gasteiger partial charge is 0.384 e. The van der Waals surface area contributed by atoms with Crippen molar-refractivity contribution in [3.05, 3.63) is 0 Å². The number of hydrogen-bond donors (Lipinski definition) is 0. The van der Waals surface area contributed by atoms with Gasteiger partial charge in [0.1, 0.15) is 0 Å². The molecule has 16 heteroatoms. The molecule has 0 radical (unpaired) electrons. The Bertz CT molecular complexity index is 482. The fourth-order valence-electron chi connectivity index (χ4n) is 1.21. The standard InChI is InChI=1S/C9H4F16/c1-3(12,13)5(16,17)7(20,21)9(24,25)8(22,23)6(18,19)4(14,15)2(10)11/h2H,1H3. The average Bonchev–Trinajstić information content (AvgIpc) is 2.35. The van der Waals surface area contributed by atoms with Gasteiger partial charge in [-0.25, -0.2) is 8.78 Å². The molecule has 0 amide bonds. The first-order valence-corrected chi connectivity index (χ1v) is 5.37. The number of hydrogen-bond acceptors (Lipinski definition) is 0. The fraction of sp³-hybridized carbons (Fsp3) is 1.00. The summed E-state index contributed by atoms with van der Waals surface area (Å²) >= 11 is 0. The first-order valence-electron chi connectivity index (χ1n) is 5.37. The third kappa shape index (κ3) is 2.88. The van der Waals surface area contributed by atoms with E-state index >= 15 is 0 Å². The van der Waals surface area contributed by atoms with Gasteiger partial charge in [-0.05, 0) is 0 Å². The van der Waals surface area contributed by atoms with Gasteiger partial charge in [0.15, 0.2) is 0 Å². The molecule has 0 fully saturated rings. The average molecular weight is 416 g/mol. The van der Waals surface area contributed by atoms with Crippen LogP contribution in [0.15, 0.2) is 0 Å². The fourth-order valence-corrected chi connectivity index (χ4v) is 1.21. The molecule has 0 aliphatic carbocycles. The molecule has 0 bridgehead atoms. The van der Waals surface area contributed by atoms with E-state index in [0.717, 1.165) is 0 Å². The van der Waals surface area contributed by atoms with Crippen molar-refractivity contribution in [1.29, 1.82) is 0 Å². The molecule has 0 aliphatic heterocycles. The number of halogens is 16. The minimum atomic E-state index is -8.30. The zero-order chi connectivity index (χ0) is 21.1. The Balaban J connectivity index is 6.50. The van der Waals surface area contributed by atoms with Crippen LogP contribution in [0.1, 0.15) is 6.92 Å². The third-order valence-electron chi connectivity index (χ3n) is 2.82. The molecule has 0 saturated heterocycles. The minimum Gasteiger partial charge on any atom is -0.203 e. The van der Waals surface area contributed by atoms with E-state index in [0.29, 0.717) is 0 Å². The SMILES string of the molecule is CC(F)(F)C(F)(F)C(F)(F)C(F)(F)C(F)(F)C(F)(F)C(F)(F)C(F)F. The maximum Gasteiger partial charge on any atom is 0.384 e. The van der Waals surface area contributed by atoms with Gasteiger partial charge in [0.25, 0.3) is 0 Å². The summed E-state index contributed by atoms with van der Waals surface area (Å²) in [6.45, 7) is -1.19. The normalized spacial score (nSPS) is 16.6. The lowest BCUT2D eigenvalue weighted by molar-refractivity contribution is -0.445. The highest BCUT2D eigenvalue weighted by Crippen LogP contribution is 2.62. The van der Waals surface area contributed by atoms with Crippen LogP contribution in [-0.2, 0) is 0 Å². The van der Waals surface area contributed by atoms with Crippen molar-refractivity contribution in [3.63, 3.8) is 0 Å². The van der Waals surface area contributed by atoms with Gasteiger partial charge in [-0.15, -0.1) is 0 Å². The highest BCUT2D eigenvalue weighted by atomic mass is 19.4. The number of alkyl halides is 16. The van der Waals surface area contributed by atoms with Gasteiger partial charge >= 0.3 is 47.9 Å². The van der Waals surface area contributed by atoms with E-state index in [1.54, 1.807) is 0 Å². The molecule has 0 aromatic heterocycles. The van der Waals surface area contributed by atoms with Crippen molar-refractivity contribution in [1.82, 2.24) is 0 Å². The van der Waals surface area contributed by atoms with E-state index in [4.69, 9.17) is 0 Å². The molecule has 0 rings (SSSR count). The Hall–Kier alpha value is -1.12. The molecule has 0 heterocycles. The van der Waals surface area contributed by atoms with Crippen LogP contribution in [0.4, 0.5) is 70.2 Å². The predicted octanol–water partition coefficient (Wildman–Crippen LogP) is 5.72. The second-order valence-electron chi connectivity index (χ2n) is 4.68. The third-order valence-corrected chi connectivity index (χ3v) is 2.82. The molecular formula is C9H4F16. The zero-order valence-corrected chi connectivity index (χ0v) is 11.1. The van der Waals surface area contributed by atoms with Gasteiger partial charge < -0.3 is 0 Å². The van der Waals surface area contributed by atoms with Gasteiger partial charge in [0, 0.05) is 6.92 Å². The summed E-state index contributed by atoms with van der Waals surface area (Å²) in [6, 6.07) is 0. The van der Waals surface area contributed by atoms with Crippen molar-refractivity contribution in [3.8, 4) is 0 Å². The monoisotopic (exact) mass is 416 g/mol. The molecule has 0 N–H and O–H groups in total. The smallest absolute Gasteiger partial charge is 0.203 e. The molecular weight excluding hydrogens is 412 g/mol. The van der Waals surface area contributed by atoms with Gasteiger partial charge in [-0.2, -0.15) is 61.5 Å². The van der Waals surface area contributed by atoms with Crippen LogP contribution < -0.4 is 0 Å². The van der Waals surface area contributed by atoms with Crippen LogP contribution >= 0.6 is 0 Å². The maximum atomic E-state index is 12.9. The quantitative estimate of drug-likeness (QED) is 0.466. The van der Waals surface area contributed by atoms with E-state index in [-0.39, 0.29) is 0 Å². The van der Waals surface area contributed by atoms with E-state index in [1.165, 1.54) is 0 Å². The van der Waals surface area contributed by atoms with Crippen LogP contribution in [0, 0.1) is 0 Å². The Morgan fingerprint density at radius 1 is 0.440 bits per heavy atom. The van der Waals surface area contributed by atoms with E-state index in [9.17, 15) is 70.2 Å². The van der Waals surface area contributed by atoms with E-state index < -0.39 is 54.8 Å². The maximum absolute atomic E-state index is 12.9. The summed E-state index contributed by atoms with van der Waals surface area (Å²) in [5.41, 5.74) is 0. The van der Waals surface area contributed by atoms with Gasteiger partial charge in [-0.3, -0.25) is 0 Å². The Kier molecular flexibility index (Phi) is 5.43. The highest BCUT2D eigenvalue weighted by molar-refractivity contribution is 5.13. The Labute approximate surface area is 126 Å². The lowest BCUT2D eigenvalue weighted by Gasteiger charge is -2.42. The molecule has 0 aromatic carbocycles. The minimum absolute atomic E-state index is 1.19. The topological polar surface area (TPSA) is 0 Å². The summed E-state index contributed by atoms with van der Waals surface area (Å²) in [7, 11) is 0. The highest BCUT2D eigenvalue weighted by Gasteiger charge is 2.93. The van der Waals surface area contributed by atoms with Crippen molar-refractivity contribution in [2.24, 2.45) is 0 Å². The van der Waals surface area contributed by atoms with Crippen molar-refractivity contribution < 1.29 is 70.2 Å². The van der Waals surface area contributed by atoms with Crippen LogP contribution in [0.2, 0.25) is 0 Å². The zero-order valence-electron chi connectivity index (χ0n) is 11.1. The molecule has 0 spiro atoms. The molecule has 0 atom stereocenters. The lowest BCUT2D eigenvalue weighted by Crippen LogP contribution is -2.73. The van der Waals surface area contributed by atoms with Crippen LogP contribution in [0.25, 0.3) is 0 Å². The Morgan fingerprint density at radius 2 is 0.680 bits per heavy atom. The van der Waals surface area contributed by atoms with Gasteiger partial charge in [0.05, 0.1) is 0 Å². The molecule has 152 valence electrons. The first-order chi connectivity index (χ1) is 10.4. The van der Waals surface area contributed by atoms with E-state index in [2.05, 4.69) is 0 Å². The summed E-state index contributed by atoms with van der Waals surface area (Å²) in [6.07, 6.45) is -5.83. The molecule has 0 aromatic rings. The second-order valence-corrected chi connectivity index (χ2v) is 4.68. The van der Waals surface area contributed by atoms with Crippen molar-refractivity contribution in [2.75, 3.05) is 0 Å². The summed E-state index contributed by atoms with van der Waals surface area (Å²) in [5, 5.41) is 0. The van der Waals surface area contributed by atoms with E-state index in [1.807, 2.05) is 0 Å². The van der Waals surface area contributed by atoms with Crippen LogP contribution in [0.3, 0.4) is 0 Å². The summed E-state index contributed by atoms with van der Waals surface area (Å²) in [5.74, 6) is -53.8. The van der Waals surface area contributed by atoms with Gasteiger partial charge in [0.2, 0.25) is 0 Å². The van der Waals surface area contributed by atoms with Gasteiger partial charge in [-0.1, -0.05) is 0 Å². The molecule has 0 unspecified atom stereocenters. The predicted molar refractivity (Wildman–Crippen MR) is 46.3 cm³/mol. The first kappa shape index (κ1) is 23.9. The second kappa shape index (κ2) is 5.69. The molecule has 0 nitrogen and oxygen atoms in total. The molecule has 0 aliphatic rings. The molecule has 25 heavy (non-hydrogen) atoms. The summed E-state index contributed by atoms with van der Waals surface area (Å²) in [4.78, 5) is 0. The number of rotatable bonds is 7. The molecule has 0 saturated carbocycles. The van der Waals surface area contributed by atoms with Crippen molar-refractivity contribution >= 4 is 0 Å². The van der Waals surface area contributed by atoms with Crippen LogP contribution in [-0.4, -0.2) is 47.9 Å². The lowest BCUT2D eigenvalue weighted by atomic mass is 9.89. The van der Waals surface area contributed by atoms with Crippen LogP contribution in [0.5, 0.6) is 0 Å². The Morgan fingerprint density at radius 3 is 0.920 bits per heavy atom. The van der Waals surface area contributed by atoms with Crippen molar-refractivity contribution in [2.45, 2.75) is 54.8 Å². The summed E-state index contributed by atoms with van der Waals surface area (Å²) < 4.78 is 201.